The summed E-state index contributed by atoms with van der Waals surface area (Å²) >= 11 is 18.4. The molecule has 0 saturated carbocycles. The second kappa shape index (κ2) is 2.91. The summed E-state index contributed by atoms with van der Waals surface area (Å²) in [6.07, 6.45) is 2.87. The van der Waals surface area contributed by atoms with Gasteiger partial charge in [-0.25, -0.2) is 0 Å². The lowest BCUT2D eigenvalue weighted by Crippen LogP contribution is -2.18. The van der Waals surface area contributed by atoms with E-state index in [9.17, 15) is 0 Å². The summed E-state index contributed by atoms with van der Waals surface area (Å²) in [6.45, 7) is 0. The van der Waals surface area contributed by atoms with Crippen molar-refractivity contribution in [2.24, 2.45) is 0 Å². The lowest BCUT2D eigenvalue weighted by atomic mass is 10.3. The number of thioether (sulfide) groups is 1. The molecule has 0 nitrogen and oxygen atoms in total. The van der Waals surface area contributed by atoms with E-state index < -0.39 is 3.79 Å². The van der Waals surface area contributed by atoms with Crippen LogP contribution in [0.5, 0.6) is 0 Å². The second-order valence-electron chi connectivity index (χ2n) is 1.77. The average molecular weight is 204 g/mol. The molecule has 0 aromatic rings. The van der Waals surface area contributed by atoms with Crippen LogP contribution >= 0.6 is 46.6 Å². The highest BCUT2D eigenvalue weighted by Crippen LogP contribution is 2.42. The molecule has 1 aliphatic heterocycles. The molecule has 0 radical (unpaired) electrons. The smallest absolute Gasteiger partial charge is 0.126 e. The molecule has 9 heavy (non-hydrogen) atoms. The van der Waals surface area contributed by atoms with Crippen LogP contribution < -0.4 is 0 Å². The summed E-state index contributed by atoms with van der Waals surface area (Å²) in [5.41, 5.74) is 0. The van der Waals surface area contributed by atoms with Gasteiger partial charge in [0.05, 0.1) is 5.25 Å². The molecule has 4 heteroatoms. The van der Waals surface area contributed by atoms with Crippen molar-refractivity contribution in [2.45, 2.75) is 15.5 Å². The van der Waals surface area contributed by atoms with Gasteiger partial charge in [0.25, 0.3) is 0 Å². The van der Waals surface area contributed by atoms with E-state index in [2.05, 4.69) is 0 Å². The third-order valence-electron chi connectivity index (χ3n) is 1.05. The summed E-state index contributed by atoms with van der Waals surface area (Å²) < 4.78 is -1.10. The standard InChI is InChI=1S/C5H5Cl3S/c6-5(7,8)4-2-1-3-9-4/h1,3-4H,2H2. The first-order chi connectivity index (χ1) is 4.11. The zero-order chi connectivity index (χ0) is 6.91. The highest BCUT2D eigenvalue weighted by atomic mass is 35.6. The van der Waals surface area contributed by atoms with Gasteiger partial charge >= 0.3 is 0 Å². The minimum atomic E-state index is -1.10. The quantitative estimate of drug-likeness (QED) is 0.544. The minimum absolute atomic E-state index is 0.113. The molecular weight excluding hydrogens is 198 g/mol. The molecule has 0 spiro atoms. The normalized spacial score (nSPS) is 27.2. The minimum Gasteiger partial charge on any atom is -0.126 e. The van der Waals surface area contributed by atoms with Gasteiger partial charge in [0.1, 0.15) is 0 Å². The molecule has 0 amide bonds. The lowest BCUT2D eigenvalue weighted by Gasteiger charge is -2.17. The molecule has 0 saturated heterocycles. The molecule has 0 aromatic carbocycles. The molecule has 1 unspecified atom stereocenters. The molecule has 1 aliphatic rings. The Morgan fingerprint density at radius 2 is 2.11 bits per heavy atom. The maximum atomic E-state index is 5.61. The summed E-state index contributed by atoms with van der Waals surface area (Å²) in [4.78, 5) is 0. The van der Waals surface area contributed by atoms with Crippen LogP contribution in [0.2, 0.25) is 0 Å². The Labute approximate surface area is 73.5 Å². The van der Waals surface area contributed by atoms with Crippen molar-refractivity contribution in [1.82, 2.24) is 0 Å². The highest BCUT2D eigenvalue weighted by Gasteiger charge is 2.33. The molecule has 0 N–H and O–H groups in total. The second-order valence-corrected chi connectivity index (χ2v) is 5.26. The van der Waals surface area contributed by atoms with Crippen molar-refractivity contribution in [2.75, 3.05) is 0 Å². The Bertz CT molecular complexity index is 119. The first-order valence-electron chi connectivity index (χ1n) is 2.48. The van der Waals surface area contributed by atoms with Crippen LogP contribution in [0.1, 0.15) is 6.42 Å². The van der Waals surface area contributed by atoms with Gasteiger partial charge in [-0.3, -0.25) is 0 Å². The Morgan fingerprint density at radius 1 is 1.44 bits per heavy atom. The van der Waals surface area contributed by atoms with E-state index in [0.717, 1.165) is 6.42 Å². The predicted molar refractivity (Wildman–Crippen MR) is 45.4 cm³/mol. The van der Waals surface area contributed by atoms with Gasteiger partial charge in [-0.05, 0) is 11.8 Å². The summed E-state index contributed by atoms with van der Waals surface area (Å²) in [5, 5.41) is 2.08. The van der Waals surface area contributed by atoms with Crippen LogP contribution in [0.25, 0.3) is 0 Å². The van der Waals surface area contributed by atoms with Crippen molar-refractivity contribution in [1.29, 1.82) is 0 Å². The zero-order valence-corrected chi connectivity index (χ0v) is 7.57. The van der Waals surface area contributed by atoms with Gasteiger partial charge in [-0.15, -0.1) is 11.8 Å². The molecule has 1 atom stereocenters. The van der Waals surface area contributed by atoms with Gasteiger partial charge in [0.15, 0.2) is 0 Å². The summed E-state index contributed by atoms with van der Waals surface area (Å²) in [6, 6.07) is 0. The van der Waals surface area contributed by atoms with Crippen LogP contribution in [-0.4, -0.2) is 9.04 Å². The zero-order valence-electron chi connectivity index (χ0n) is 4.48. The van der Waals surface area contributed by atoms with E-state index in [-0.39, 0.29) is 5.25 Å². The first kappa shape index (κ1) is 8.06. The Kier molecular flexibility index (Phi) is 2.61. The first-order valence-corrected chi connectivity index (χ1v) is 4.55. The van der Waals surface area contributed by atoms with Crippen molar-refractivity contribution >= 4 is 46.6 Å². The molecule has 0 aliphatic carbocycles. The predicted octanol–water partition coefficient (Wildman–Crippen LogP) is 3.38. The van der Waals surface area contributed by atoms with E-state index in [0.29, 0.717) is 0 Å². The Balaban J connectivity index is 2.46. The largest absolute Gasteiger partial charge is 0.202 e. The van der Waals surface area contributed by atoms with Crippen molar-refractivity contribution in [3.63, 3.8) is 0 Å². The lowest BCUT2D eigenvalue weighted by molar-refractivity contribution is 0.918. The highest BCUT2D eigenvalue weighted by molar-refractivity contribution is 8.03. The van der Waals surface area contributed by atoms with E-state index in [4.69, 9.17) is 34.8 Å². The molecular formula is C5H5Cl3S. The van der Waals surface area contributed by atoms with Gasteiger partial charge < -0.3 is 0 Å². The molecule has 1 heterocycles. The van der Waals surface area contributed by atoms with Crippen LogP contribution in [0.3, 0.4) is 0 Å². The van der Waals surface area contributed by atoms with E-state index >= 15 is 0 Å². The molecule has 1 rings (SSSR count). The van der Waals surface area contributed by atoms with Crippen molar-refractivity contribution in [3.05, 3.63) is 11.5 Å². The van der Waals surface area contributed by atoms with Gasteiger partial charge in [0.2, 0.25) is 3.79 Å². The van der Waals surface area contributed by atoms with E-state index in [1.807, 2.05) is 11.5 Å². The topological polar surface area (TPSA) is 0 Å². The van der Waals surface area contributed by atoms with Crippen LogP contribution in [0.4, 0.5) is 0 Å². The molecule has 0 bridgehead atoms. The third-order valence-corrected chi connectivity index (χ3v) is 3.46. The van der Waals surface area contributed by atoms with Crippen molar-refractivity contribution in [3.8, 4) is 0 Å². The number of rotatable bonds is 0. The molecule has 0 aromatic heterocycles. The number of hydrogen-bond donors (Lipinski definition) is 0. The third kappa shape index (κ3) is 2.23. The fourth-order valence-electron chi connectivity index (χ4n) is 0.596. The number of halogens is 3. The van der Waals surface area contributed by atoms with E-state index in [1.165, 1.54) is 0 Å². The van der Waals surface area contributed by atoms with Gasteiger partial charge in [-0.1, -0.05) is 40.9 Å². The number of hydrogen-bond acceptors (Lipinski definition) is 1. The summed E-state index contributed by atoms with van der Waals surface area (Å²) in [7, 11) is 0. The van der Waals surface area contributed by atoms with Gasteiger partial charge in [-0.2, -0.15) is 0 Å². The fourth-order valence-corrected chi connectivity index (χ4v) is 2.11. The van der Waals surface area contributed by atoms with Gasteiger partial charge in [0, 0.05) is 0 Å². The monoisotopic (exact) mass is 202 g/mol. The number of alkyl halides is 3. The van der Waals surface area contributed by atoms with E-state index in [1.54, 1.807) is 11.8 Å². The van der Waals surface area contributed by atoms with Crippen LogP contribution in [0, 0.1) is 0 Å². The van der Waals surface area contributed by atoms with Crippen molar-refractivity contribution < 1.29 is 0 Å². The average Bonchev–Trinajstić information content (AvgIpc) is 2.08. The maximum Gasteiger partial charge on any atom is 0.202 e. The fraction of sp³-hybridized carbons (Fsp3) is 0.600. The van der Waals surface area contributed by atoms with Crippen LogP contribution in [-0.2, 0) is 0 Å². The number of allylic oxidation sites excluding steroid dienone is 1. The Morgan fingerprint density at radius 3 is 2.33 bits per heavy atom. The van der Waals surface area contributed by atoms with Crippen LogP contribution in [0.15, 0.2) is 11.5 Å². The SMILES string of the molecule is ClC(Cl)(Cl)C1CC=CS1. The maximum absolute atomic E-state index is 5.61. The molecule has 0 fully saturated rings. The Hall–Kier alpha value is 0.960. The molecule has 52 valence electrons. The summed E-state index contributed by atoms with van der Waals surface area (Å²) in [5.74, 6) is 0.